The molecule has 0 atom stereocenters. The van der Waals surface area contributed by atoms with Gasteiger partial charge in [0.05, 0.1) is 11.2 Å². The molecular weight excluding hydrogens is 359 g/mol. The molecule has 28 heavy (non-hydrogen) atoms. The Kier molecular flexibility index (Phi) is 4.65. The predicted molar refractivity (Wildman–Crippen MR) is 106 cm³/mol. The van der Waals surface area contributed by atoms with Crippen LogP contribution in [0.1, 0.15) is 5.69 Å². The summed E-state index contributed by atoms with van der Waals surface area (Å²) in [5, 5.41) is 3.74. The number of para-hydroxylation sites is 1. The molecular formula is C21H19FN4O2. The lowest BCUT2D eigenvalue weighted by atomic mass is 10.1. The smallest absolute Gasteiger partial charge is 0.324 e. The van der Waals surface area contributed by atoms with Crippen LogP contribution in [0.3, 0.4) is 0 Å². The molecule has 6 nitrogen and oxygen atoms in total. The standard InChI is InChI=1S/C21H19FN4O2/c1-14-12-19(17-4-2-3-5-18(17)23-14)24-20(27)13-25-10-11-26(21(25)28)16-8-6-15(22)7-9-16/h2-9,12H,10-11,13H2,1H3,(H,23,24,27). The number of pyridine rings is 1. The van der Waals surface area contributed by atoms with E-state index in [0.29, 0.717) is 24.5 Å². The Morgan fingerprint density at radius 3 is 2.68 bits per heavy atom. The molecule has 2 aromatic carbocycles. The van der Waals surface area contributed by atoms with Gasteiger partial charge in [0.1, 0.15) is 12.4 Å². The topological polar surface area (TPSA) is 65.5 Å². The lowest BCUT2D eigenvalue weighted by molar-refractivity contribution is -0.116. The van der Waals surface area contributed by atoms with Crippen LogP contribution in [-0.4, -0.2) is 41.5 Å². The van der Waals surface area contributed by atoms with E-state index in [-0.39, 0.29) is 24.3 Å². The largest absolute Gasteiger partial charge is 0.325 e. The number of carbonyl (C=O) groups excluding carboxylic acids is 2. The average Bonchev–Trinajstić information content (AvgIpc) is 3.02. The third-order valence-electron chi connectivity index (χ3n) is 4.69. The van der Waals surface area contributed by atoms with Crippen molar-refractivity contribution < 1.29 is 14.0 Å². The van der Waals surface area contributed by atoms with Gasteiger partial charge in [-0.1, -0.05) is 18.2 Å². The van der Waals surface area contributed by atoms with E-state index < -0.39 is 0 Å². The molecule has 1 aromatic heterocycles. The number of rotatable bonds is 4. The highest BCUT2D eigenvalue weighted by atomic mass is 19.1. The molecule has 0 radical (unpaired) electrons. The molecule has 142 valence electrons. The van der Waals surface area contributed by atoms with Crippen LogP contribution in [0.25, 0.3) is 10.9 Å². The van der Waals surface area contributed by atoms with Gasteiger partial charge < -0.3 is 10.2 Å². The third kappa shape index (κ3) is 3.51. The number of amides is 3. The Bertz CT molecular complexity index is 1050. The maximum Gasteiger partial charge on any atom is 0.325 e. The number of fused-ring (bicyclic) bond motifs is 1. The first-order chi connectivity index (χ1) is 13.5. The van der Waals surface area contributed by atoms with Gasteiger partial charge in [0, 0.05) is 29.9 Å². The lowest BCUT2D eigenvalue weighted by Crippen LogP contribution is -2.37. The molecule has 3 amide bonds. The summed E-state index contributed by atoms with van der Waals surface area (Å²) in [5.41, 5.74) is 2.89. The number of nitrogens with one attached hydrogen (secondary N) is 1. The Morgan fingerprint density at radius 2 is 1.89 bits per heavy atom. The molecule has 1 aliphatic rings. The van der Waals surface area contributed by atoms with Gasteiger partial charge in [-0.2, -0.15) is 0 Å². The summed E-state index contributed by atoms with van der Waals surface area (Å²) >= 11 is 0. The molecule has 0 bridgehead atoms. The molecule has 1 fully saturated rings. The monoisotopic (exact) mass is 378 g/mol. The molecule has 3 aromatic rings. The Morgan fingerprint density at radius 1 is 1.14 bits per heavy atom. The minimum Gasteiger partial charge on any atom is -0.324 e. The zero-order valence-corrected chi connectivity index (χ0v) is 15.4. The van der Waals surface area contributed by atoms with Crippen molar-refractivity contribution >= 4 is 34.2 Å². The summed E-state index contributed by atoms with van der Waals surface area (Å²) < 4.78 is 13.1. The Hall–Kier alpha value is -3.48. The van der Waals surface area contributed by atoms with E-state index in [9.17, 15) is 14.0 Å². The van der Waals surface area contributed by atoms with Crippen molar-refractivity contribution in [3.63, 3.8) is 0 Å². The summed E-state index contributed by atoms with van der Waals surface area (Å²) in [6, 6.07) is 14.9. The highest BCUT2D eigenvalue weighted by Gasteiger charge is 2.30. The highest BCUT2D eigenvalue weighted by Crippen LogP contribution is 2.24. The van der Waals surface area contributed by atoms with Gasteiger partial charge in [-0.15, -0.1) is 0 Å². The van der Waals surface area contributed by atoms with Gasteiger partial charge in [0.15, 0.2) is 0 Å². The molecule has 1 aliphatic heterocycles. The van der Waals surface area contributed by atoms with Crippen molar-refractivity contribution in [3.05, 3.63) is 66.1 Å². The van der Waals surface area contributed by atoms with E-state index in [4.69, 9.17) is 0 Å². The Labute approximate surface area is 161 Å². The summed E-state index contributed by atoms with van der Waals surface area (Å²) in [7, 11) is 0. The summed E-state index contributed by atoms with van der Waals surface area (Å²) in [4.78, 5) is 32.7. The highest BCUT2D eigenvalue weighted by molar-refractivity contribution is 6.03. The number of aromatic nitrogens is 1. The number of hydrogen-bond acceptors (Lipinski definition) is 3. The number of anilines is 2. The zero-order chi connectivity index (χ0) is 19.7. The average molecular weight is 378 g/mol. The van der Waals surface area contributed by atoms with Crippen LogP contribution in [0.15, 0.2) is 54.6 Å². The zero-order valence-electron chi connectivity index (χ0n) is 15.4. The van der Waals surface area contributed by atoms with E-state index in [0.717, 1.165) is 16.6 Å². The van der Waals surface area contributed by atoms with E-state index in [1.54, 1.807) is 17.0 Å². The summed E-state index contributed by atoms with van der Waals surface area (Å²) in [5.74, 6) is -0.628. The number of carbonyl (C=O) groups is 2. The molecule has 0 aliphatic carbocycles. The number of benzene rings is 2. The lowest BCUT2D eigenvalue weighted by Gasteiger charge is -2.18. The van der Waals surface area contributed by atoms with Gasteiger partial charge in [-0.25, -0.2) is 9.18 Å². The number of aryl methyl sites for hydroxylation is 1. The van der Waals surface area contributed by atoms with Gasteiger partial charge >= 0.3 is 6.03 Å². The van der Waals surface area contributed by atoms with Crippen LogP contribution in [0, 0.1) is 12.7 Å². The van der Waals surface area contributed by atoms with Crippen molar-refractivity contribution in [3.8, 4) is 0 Å². The maximum absolute atomic E-state index is 13.1. The van der Waals surface area contributed by atoms with Crippen molar-refractivity contribution in [2.45, 2.75) is 6.92 Å². The van der Waals surface area contributed by atoms with Crippen LogP contribution < -0.4 is 10.2 Å². The molecule has 0 saturated carbocycles. The maximum atomic E-state index is 13.1. The van der Waals surface area contributed by atoms with Gasteiger partial charge in [-0.05, 0) is 43.3 Å². The first-order valence-electron chi connectivity index (χ1n) is 8.99. The Balaban J connectivity index is 1.46. The molecule has 2 heterocycles. The fourth-order valence-corrected chi connectivity index (χ4v) is 3.36. The quantitative estimate of drug-likeness (QED) is 0.755. The number of urea groups is 1. The summed E-state index contributed by atoms with van der Waals surface area (Å²) in [6.07, 6.45) is 0. The third-order valence-corrected chi connectivity index (χ3v) is 4.69. The summed E-state index contributed by atoms with van der Waals surface area (Å²) in [6.45, 7) is 2.70. The molecule has 0 unspecified atom stereocenters. The number of hydrogen-bond donors (Lipinski definition) is 1. The van der Waals surface area contributed by atoms with Crippen LogP contribution in [-0.2, 0) is 4.79 Å². The van der Waals surface area contributed by atoms with E-state index in [1.165, 1.54) is 17.0 Å². The molecule has 4 rings (SSSR count). The van der Waals surface area contributed by atoms with Gasteiger partial charge in [-0.3, -0.25) is 14.7 Å². The minimum absolute atomic E-state index is 0.0494. The number of nitrogens with zero attached hydrogens (tertiary/aromatic N) is 3. The first-order valence-corrected chi connectivity index (χ1v) is 8.99. The SMILES string of the molecule is Cc1cc(NC(=O)CN2CCN(c3ccc(F)cc3)C2=O)c2ccccc2n1. The second-order valence-corrected chi connectivity index (χ2v) is 6.71. The predicted octanol–water partition coefficient (Wildman–Crippen LogP) is 3.56. The fraction of sp³-hybridized carbons (Fsp3) is 0.190. The fourth-order valence-electron chi connectivity index (χ4n) is 3.36. The minimum atomic E-state index is -0.355. The molecule has 1 N–H and O–H groups in total. The van der Waals surface area contributed by atoms with E-state index in [1.807, 2.05) is 37.3 Å². The van der Waals surface area contributed by atoms with Crippen molar-refractivity contribution in [2.75, 3.05) is 29.9 Å². The first kappa shape index (κ1) is 17.9. The normalized spacial score (nSPS) is 14.0. The van der Waals surface area contributed by atoms with Gasteiger partial charge in [0.25, 0.3) is 0 Å². The van der Waals surface area contributed by atoms with Crippen molar-refractivity contribution in [2.24, 2.45) is 0 Å². The van der Waals surface area contributed by atoms with E-state index in [2.05, 4.69) is 10.3 Å². The molecule has 0 spiro atoms. The van der Waals surface area contributed by atoms with Gasteiger partial charge in [0.2, 0.25) is 5.91 Å². The second kappa shape index (κ2) is 7.26. The van der Waals surface area contributed by atoms with E-state index >= 15 is 0 Å². The van der Waals surface area contributed by atoms with Crippen molar-refractivity contribution in [1.29, 1.82) is 0 Å². The molecule has 1 saturated heterocycles. The molecule has 7 heteroatoms. The van der Waals surface area contributed by atoms with Crippen molar-refractivity contribution in [1.82, 2.24) is 9.88 Å². The van der Waals surface area contributed by atoms with Crippen LogP contribution in [0.4, 0.5) is 20.6 Å². The van der Waals surface area contributed by atoms with Crippen LogP contribution >= 0.6 is 0 Å². The second-order valence-electron chi connectivity index (χ2n) is 6.71. The van der Waals surface area contributed by atoms with Crippen LogP contribution in [0.5, 0.6) is 0 Å². The number of halogens is 1. The van der Waals surface area contributed by atoms with Crippen LogP contribution in [0.2, 0.25) is 0 Å².